The third kappa shape index (κ3) is 1.76. The van der Waals surface area contributed by atoms with Crippen LogP contribution in [0.25, 0.3) is 0 Å². The zero-order valence-electron chi connectivity index (χ0n) is 9.08. The maximum Gasteiger partial charge on any atom is 0.306 e. The summed E-state index contributed by atoms with van der Waals surface area (Å²) in [6, 6.07) is 0. The van der Waals surface area contributed by atoms with Gasteiger partial charge in [-0.15, -0.1) is 0 Å². The van der Waals surface area contributed by atoms with Crippen molar-refractivity contribution in [1.82, 2.24) is 10.2 Å². The second kappa shape index (κ2) is 3.68. The fourth-order valence-corrected chi connectivity index (χ4v) is 2.22. The number of hydrogen-bond donors (Lipinski definition) is 2. The van der Waals surface area contributed by atoms with Crippen LogP contribution in [0.3, 0.4) is 0 Å². The predicted molar refractivity (Wildman–Crippen MR) is 55.8 cm³/mol. The number of carboxylic acids is 1. The molecule has 0 aliphatic heterocycles. The van der Waals surface area contributed by atoms with Gasteiger partial charge in [-0.2, -0.15) is 5.10 Å². The zero-order valence-corrected chi connectivity index (χ0v) is 9.08. The van der Waals surface area contributed by atoms with Crippen molar-refractivity contribution in [3.05, 3.63) is 17.0 Å². The van der Waals surface area contributed by atoms with Crippen molar-refractivity contribution in [2.45, 2.75) is 39.0 Å². The molecule has 0 amide bonds. The maximum atomic E-state index is 10.9. The van der Waals surface area contributed by atoms with Gasteiger partial charge in [0.1, 0.15) is 0 Å². The van der Waals surface area contributed by atoms with Crippen molar-refractivity contribution in [2.75, 3.05) is 0 Å². The van der Waals surface area contributed by atoms with Crippen LogP contribution in [0.15, 0.2) is 0 Å². The molecule has 1 atom stereocenters. The molecule has 4 heteroatoms. The Kier molecular flexibility index (Phi) is 2.50. The number of aromatic nitrogens is 2. The summed E-state index contributed by atoms with van der Waals surface area (Å²) in [5, 5.41) is 16.2. The first-order chi connectivity index (χ1) is 7.09. The van der Waals surface area contributed by atoms with Crippen LogP contribution in [0.4, 0.5) is 0 Å². The van der Waals surface area contributed by atoms with E-state index < -0.39 is 5.97 Å². The molecule has 1 aromatic rings. The number of carbonyl (C=O) groups is 1. The molecule has 0 bridgehead atoms. The third-order valence-electron chi connectivity index (χ3n) is 3.07. The van der Waals surface area contributed by atoms with E-state index in [9.17, 15) is 4.79 Å². The molecule has 1 aliphatic rings. The molecule has 82 valence electrons. The molecule has 1 unspecified atom stereocenters. The Hall–Kier alpha value is -1.32. The molecule has 2 N–H and O–H groups in total. The minimum Gasteiger partial charge on any atom is -0.481 e. The van der Waals surface area contributed by atoms with Crippen molar-refractivity contribution in [1.29, 1.82) is 0 Å². The lowest BCUT2D eigenvalue weighted by molar-refractivity contribution is -0.142. The highest BCUT2D eigenvalue weighted by Gasteiger charge is 2.28. The number of rotatable bonds is 2. The van der Waals surface area contributed by atoms with E-state index in [1.807, 2.05) is 0 Å². The Labute approximate surface area is 88.7 Å². The number of carboxylic acid groups (broad SMARTS) is 1. The summed E-state index contributed by atoms with van der Waals surface area (Å²) >= 11 is 0. The average Bonchev–Trinajstić information content (AvgIpc) is 2.59. The van der Waals surface area contributed by atoms with E-state index in [1.165, 1.54) is 5.56 Å². The first-order valence-corrected chi connectivity index (χ1v) is 5.38. The first kappa shape index (κ1) is 10.2. The molecule has 0 saturated heterocycles. The third-order valence-corrected chi connectivity index (χ3v) is 3.07. The molecule has 2 rings (SSSR count). The van der Waals surface area contributed by atoms with Crippen molar-refractivity contribution < 1.29 is 9.90 Å². The van der Waals surface area contributed by atoms with E-state index in [0.717, 1.165) is 24.2 Å². The van der Waals surface area contributed by atoms with Crippen molar-refractivity contribution in [3.8, 4) is 0 Å². The second-order valence-corrected chi connectivity index (χ2v) is 4.50. The fraction of sp³-hybridized carbons (Fsp3) is 0.636. The van der Waals surface area contributed by atoms with Gasteiger partial charge in [0.25, 0.3) is 0 Å². The van der Waals surface area contributed by atoms with Crippen LogP contribution in [-0.4, -0.2) is 21.3 Å². The Morgan fingerprint density at radius 2 is 2.33 bits per heavy atom. The number of aromatic amines is 1. The summed E-state index contributed by atoms with van der Waals surface area (Å²) in [5.41, 5.74) is 3.38. The monoisotopic (exact) mass is 208 g/mol. The standard InChI is InChI=1S/C11H16N2O2/c1-6(2)10-8-4-3-7(11(14)15)5-9(8)12-13-10/h6-7H,3-5H2,1-2H3,(H,12,13)(H,14,15). The molecule has 1 heterocycles. The highest BCUT2D eigenvalue weighted by Crippen LogP contribution is 2.29. The number of fused-ring (bicyclic) bond motifs is 1. The van der Waals surface area contributed by atoms with Crippen LogP contribution in [0.1, 0.15) is 43.1 Å². The van der Waals surface area contributed by atoms with Gasteiger partial charge in [0, 0.05) is 12.1 Å². The van der Waals surface area contributed by atoms with Crippen LogP contribution in [0.2, 0.25) is 0 Å². The Morgan fingerprint density at radius 3 is 2.93 bits per heavy atom. The van der Waals surface area contributed by atoms with Crippen LogP contribution < -0.4 is 0 Å². The molecule has 0 saturated carbocycles. The maximum absolute atomic E-state index is 10.9. The summed E-state index contributed by atoms with van der Waals surface area (Å²) in [5.74, 6) is -0.523. The fourth-order valence-electron chi connectivity index (χ4n) is 2.22. The molecular weight excluding hydrogens is 192 g/mol. The second-order valence-electron chi connectivity index (χ2n) is 4.50. The minimum absolute atomic E-state index is 0.238. The molecule has 1 aliphatic carbocycles. The SMILES string of the molecule is CC(C)c1n[nH]c2c1CCC(C(=O)O)C2. The highest BCUT2D eigenvalue weighted by molar-refractivity contribution is 5.70. The molecule has 15 heavy (non-hydrogen) atoms. The minimum atomic E-state index is -0.693. The number of nitrogens with one attached hydrogen (secondary N) is 1. The Morgan fingerprint density at radius 1 is 1.60 bits per heavy atom. The van der Waals surface area contributed by atoms with Gasteiger partial charge >= 0.3 is 5.97 Å². The van der Waals surface area contributed by atoms with Crippen LogP contribution in [-0.2, 0) is 17.6 Å². The lowest BCUT2D eigenvalue weighted by Gasteiger charge is -2.18. The van der Waals surface area contributed by atoms with Gasteiger partial charge < -0.3 is 5.11 Å². The van der Waals surface area contributed by atoms with Gasteiger partial charge in [0.15, 0.2) is 0 Å². The van der Waals surface area contributed by atoms with Crippen LogP contribution in [0.5, 0.6) is 0 Å². The summed E-state index contributed by atoms with van der Waals surface area (Å²) in [4.78, 5) is 10.9. The topological polar surface area (TPSA) is 66.0 Å². The molecule has 4 nitrogen and oxygen atoms in total. The molecule has 1 aromatic heterocycles. The summed E-state index contributed by atoms with van der Waals surface area (Å²) in [6.07, 6.45) is 2.18. The van der Waals surface area contributed by atoms with Crippen LogP contribution >= 0.6 is 0 Å². The summed E-state index contributed by atoms with van der Waals surface area (Å²) in [6.45, 7) is 4.22. The van der Waals surface area contributed by atoms with Gasteiger partial charge in [0.2, 0.25) is 0 Å². The van der Waals surface area contributed by atoms with Crippen LogP contribution in [0, 0.1) is 5.92 Å². The van der Waals surface area contributed by atoms with Gasteiger partial charge in [0.05, 0.1) is 11.6 Å². The van der Waals surface area contributed by atoms with Crippen molar-refractivity contribution in [2.24, 2.45) is 5.92 Å². The Balaban J connectivity index is 2.26. The lowest BCUT2D eigenvalue weighted by Crippen LogP contribution is -2.22. The quantitative estimate of drug-likeness (QED) is 0.777. The highest BCUT2D eigenvalue weighted by atomic mass is 16.4. The normalized spacial score (nSPS) is 20.3. The molecule has 0 radical (unpaired) electrons. The average molecular weight is 208 g/mol. The van der Waals surface area contributed by atoms with Crippen molar-refractivity contribution in [3.63, 3.8) is 0 Å². The molecule has 0 spiro atoms. The molecular formula is C11H16N2O2. The number of aliphatic carboxylic acids is 1. The smallest absolute Gasteiger partial charge is 0.306 e. The number of H-pyrrole nitrogens is 1. The van der Waals surface area contributed by atoms with Gasteiger partial charge in [-0.3, -0.25) is 9.89 Å². The van der Waals surface area contributed by atoms with E-state index in [-0.39, 0.29) is 5.92 Å². The van der Waals surface area contributed by atoms with Gasteiger partial charge in [-0.1, -0.05) is 13.8 Å². The van der Waals surface area contributed by atoms with Gasteiger partial charge in [-0.05, 0) is 24.3 Å². The van der Waals surface area contributed by atoms with E-state index in [4.69, 9.17) is 5.11 Å². The number of hydrogen-bond acceptors (Lipinski definition) is 2. The van der Waals surface area contributed by atoms with E-state index in [1.54, 1.807) is 0 Å². The van der Waals surface area contributed by atoms with Crippen molar-refractivity contribution >= 4 is 5.97 Å². The van der Waals surface area contributed by atoms with E-state index in [2.05, 4.69) is 24.0 Å². The largest absolute Gasteiger partial charge is 0.481 e. The van der Waals surface area contributed by atoms with Gasteiger partial charge in [-0.25, -0.2) is 0 Å². The molecule has 0 aromatic carbocycles. The molecule has 0 fully saturated rings. The summed E-state index contributed by atoms with van der Waals surface area (Å²) in [7, 11) is 0. The summed E-state index contributed by atoms with van der Waals surface area (Å²) < 4.78 is 0. The predicted octanol–water partition coefficient (Wildman–Crippen LogP) is 1.72. The van der Waals surface area contributed by atoms with E-state index in [0.29, 0.717) is 12.3 Å². The Bertz CT molecular complexity index is 382. The number of nitrogens with zero attached hydrogens (tertiary/aromatic N) is 1. The first-order valence-electron chi connectivity index (χ1n) is 5.38. The lowest BCUT2D eigenvalue weighted by atomic mass is 9.85. The zero-order chi connectivity index (χ0) is 11.0. The van der Waals surface area contributed by atoms with E-state index >= 15 is 0 Å².